The van der Waals surface area contributed by atoms with E-state index < -0.39 is 0 Å². The average molecular weight is 228 g/mol. The van der Waals surface area contributed by atoms with Gasteiger partial charge in [-0.3, -0.25) is 0 Å². The molecular weight excluding hydrogens is 196 g/mol. The van der Waals surface area contributed by atoms with Crippen molar-refractivity contribution in [2.45, 2.75) is 65.8 Å². The first-order valence-electron chi connectivity index (χ1n) is 6.83. The number of hydrogen-bond donors (Lipinski definition) is 1. The van der Waals surface area contributed by atoms with E-state index in [4.69, 9.17) is 5.73 Å². The van der Waals surface area contributed by atoms with Crippen LogP contribution in [0.4, 0.5) is 0 Å². The molecule has 0 aromatic carbocycles. The number of nitrogens with two attached hydrogens (primary N) is 1. The molecule has 1 atom stereocenters. The minimum absolute atomic E-state index is 0.242. The van der Waals surface area contributed by atoms with Crippen molar-refractivity contribution in [2.24, 2.45) is 11.1 Å². The third-order valence-electron chi connectivity index (χ3n) is 3.46. The lowest BCUT2D eigenvalue weighted by Crippen LogP contribution is -2.40. The normalized spacial score (nSPS) is 14.4. The maximum Gasteiger partial charge on any atom is 0.00641 e. The topological polar surface area (TPSA) is 29.3 Å². The van der Waals surface area contributed by atoms with Crippen LogP contribution in [-0.2, 0) is 0 Å². The van der Waals surface area contributed by atoms with Crippen molar-refractivity contribution < 1.29 is 0 Å². The minimum Gasteiger partial charge on any atom is -0.330 e. The highest BCUT2D eigenvalue weighted by atomic mass is 15.1. The van der Waals surface area contributed by atoms with E-state index in [0.717, 1.165) is 13.1 Å². The van der Waals surface area contributed by atoms with Crippen molar-refractivity contribution >= 4 is 0 Å². The van der Waals surface area contributed by atoms with Crippen molar-refractivity contribution in [1.29, 1.82) is 0 Å². The summed E-state index contributed by atoms with van der Waals surface area (Å²) in [5.41, 5.74) is 6.01. The summed E-state index contributed by atoms with van der Waals surface area (Å²) in [6.07, 6.45) is 6.77. The Balaban J connectivity index is 3.76. The molecule has 0 saturated heterocycles. The van der Waals surface area contributed by atoms with E-state index in [1.165, 1.54) is 32.1 Å². The van der Waals surface area contributed by atoms with Gasteiger partial charge in [-0.15, -0.1) is 0 Å². The molecule has 0 fully saturated rings. The smallest absolute Gasteiger partial charge is 0.00641 e. The second-order valence-corrected chi connectivity index (χ2v) is 5.98. The summed E-state index contributed by atoms with van der Waals surface area (Å²) in [6, 6.07) is 0.683. The first-order chi connectivity index (χ1) is 7.43. The van der Waals surface area contributed by atoms with Crippen LogP contribution in [0, 0.1) is 5.41 Å². The lowest BCUT2D eigenvalue weighted by molar-refractivity contribution is 0.165. The Kier molecular flexibility index (Phi) is 8.04. The second-order valence-electron chi connectivity index (χ2n) is 5.98. The zero-order valence-corrected chi connectivity index (χ0v) is 12.1. The van der Waals surface area contributed by atoms with Crippen LogP contribution in [-0.4, -0.2) is 31.1 Å². The van der Waals surface area contributed by atoms with E-state index in [2.05, 4.69) is 39.6 Å². The van der Waals surface area contributed by atoms with Gasteiger partial charge >= 0.3 is 0 Å². The zero-order valence-electron chi connectivity index (χ0n) is 12.1. The Hall–Kier alpha value is -0.0800. The average Bonchev–Trinajstić information content (AvgIpc) is 2.23. The number of rotatable bonds is 9. The van der Waals surface area contributed by atoms with Crippen LogP contribution in [0.2, 0.25) is 0 Å². The van der Waals surface area contributed by atoms with E-state index >= 15 is 0 Å². The van der Waals surface area contributed by atoms with Crippen LogP contribution in [0.15, 0.2) is 0 Å². The fraction of sp³-hybridized carbons (Fsp3) is 1.00. The molecule has 0 amide bonds. The van der Waals surface area contributed by atoms with Gasteiger partial charge < -0.3 is 10.6 Å². The standard InChI is InChI=1S/C14H32N2/c1-6-7-8-9-10-13(2)16(5)12-14(3,4)11-15/h13H,6-12,15H2,1-5H3. The van der Waals surface area contributed by atoms with Gasteiger partial charge in [-0.25, -0.2) is 0 Å². The van der Waals surface area contributed by atoms with Gasteiger partial charge in [0.05, 0.1) is 0 Å². The summed E-state index contributed by atoms with van der Waals surface area (Å²) in [5.74, 6) is 0. The quantitative estimate of drug-likeness (QED) is 0.614. The summed E-state index contributed by atoms with van der Waals surface area (Å²) in [4.78, 5) is 2.46. The van der Waals surface area contributed by atoms with Gasteiger partial charge in [0.2, 0.25) is 0 Å². The first-order valence-corrected chi connectivity index (χ1v) is 6.83. The van der Waals surface area contributed by atoms with E-state index in [1.807, 2.05) is 0 Å². The largest absolute Gasteiger partial charge is 0.330 e. The molecule has 2 N–H and O–H groups in total. The predicted octanol–water partition coefficient (Wildman–Crippen LogP) is 3.26. The molecule has 0 spiro atoms. The Morgan fingerprint density at radius 2 is 1.81 bits per heavy atom. The van der Waals surface area contributed by atoms with Crippen LogP contribution in [0.25, 0.3) is 0 Å². The summed E-state index contributed by atoms with van der Waals surface area (Å²) in [5, 5.41) is 0. The highest BCUT2D eigenvalue weighted by molar-refractivity contribution is 4.75. The predicted molar refractivity (Wildman–Crippen MR) is 73.7 cm³/mol. The Morgan fingerprint density at radius 1 is 1.19 bits per heavy atom. The van der Waals surface area contributed by atoms with Gasteiger partial charge in [0.15, 0.2) is 0 Å². The summed E-state index contributed by atoms with van der Waals surface area (Å²) >= 11 is 0. The van der Waals surface area contributed by atoms with Crippen molar-refractivity contribution in [2.75, 3.05) is 20.1 Å². The van der Waals surface area contributed by atoms with Crippen molar-refractivity contribution in [3.63, 3.8) is 0 Å². The first kappa shape index (κ1) is 15.9. The van der Waals surface area contributed by atoms with E-state index in [-0.39, 0.29) is 5.41 Å². The van der Waals surface area contributed by atoms with Crippen molar-refractivity contribution in [3.8, 4) is 0 Å². The minimum atomic E-state index is 0.242. The van der Waals surface area contributed by atoms with Crippen LogP contribution in [0.1, 0.15) is 59.8 Å². The van der Waals surface area contributed by atoms with Crippen molar-refractivity contribution in [1.82, 2.24) is 4.90 Å². The van der Waals surface area contributed by atoms with Gasteiger partial charge in [0.1, 0.15) is 0 Å². The SMILES string of the molecule is CCCCCCC(C)N(C)CC(C)(C)CN. The molecule has 0 aliphatic heterocycles. The lowest BCUT2D eigenvalue weighted by atomic mass is 9.92. The highest BCUT2D eigenvalue weighted by Crippen LogP contribution is 2.17. The fourth-order valence-corrected chi connectivity index (χ4v) is 1.98. The summed E-state index contributed by atoms with van der Waals surface area (Å²) < 4.78 is 0. The van der Waals surface area contributed by atoms with Gasteiger partial charge in [-0.05, 0) is 32.4 Å². The molecule has 2 nitrogen and oxygen atoms in total. The third kappa shape index (κ3) is 7.24. The second kappa shape index (κ2) is 8.08. The molecule has 0 heterocycles. The lowest BCUT2D eigenvalue weighted by Gasteiger charge is -2.33. The molecule has 0 saturated carbocycles. The number of hydrogen-bond acceptors (Lipinski definition) is 2. The maximum atomic E-state index is 5.77. The molecule has 0 aliphatic carbocycles. The van der Waals surface area contributed by atoms with E-state index in [1.54, 1.807) is 0 Å². The maximum absolute atomic E-state index is 5.77. The Labute approximate surface area is 103 Å². The molecule has 1 unspecified atom stereocenters. The molecule has 0 rings (SSSR count). The Bertz CT molecular complexity index is 166. The van der Waals surface area contributed by atoms with E-state index in [9.17, 15) is 0 Å². The summed E-state index contributed by atoms with van der Waals surface area (Å²) in [7, 11) is 2.22. The molecular formula is C14H32N2. The van der Waals surface area contributed by atoms with Crippen molar-refractivity contribution in [3.05, 3.63) is 0 Å². The van der Waals surface area contributed by atoms with Gasteiger partial charge in [0, 0.05) is 12.6 Å². The van der Waals surface area contributed by atoms with Crippen LogP contribution < -0.4 is 5.73 Å². The molecule has 0 aromatic rings. The van der Waals surface area contributed by atoms with Gasteiger partial charge in [0.25, 0.3) is 0 Å². The summed E-state index contributed by atoms with van der Waals surface area (Å²) in [6.45, 7) is 10.9. The van der Waals surface area contributed by atoms with Crippen LogP contribution in [0.5, 0.6) is 0 Å². The Morgan fingerprint density at radius 3 is 2.31 bits per heavy atom. The molecule has 0 bridgehead atoms. The number of nitrogens with zero attached hydrogens (tertiary/aromatic N) is 1. The van der Waals surface area contributed by atoms with Crippen LogP contribution >= 0.6 is 0 Å². The molecule has 98 valence electrons. The van der Waals surface area contributed by atoms with Gasteiger partial charge in [-0.1, -0.05) is 46.5 Å². The van der Waals surface area contributed by atoms with Crippen LogP contribution in [0.3, 0.4) is 0 Å². The zero-order chi connectivity index (χ0) is 12.6. The van der Waals surface area contributed by atoms with E-state index in [0.29, 0.717) is 6.04 Å². The highest BCUT2D eigenvalue weighted by Gasteiger charge is 2.20. The molecule has 0 aromatic heterocycles. The fourth-order valence-electron chi connectivity index (χ4n) is 1.98. The molecule has 16 heavy (non-hydrogen) atoms. The number of unbranched alkanes of at least 4 members (excludes halogenated alkanes) is 3. The molecule has 0 radical (unpaired) electrons. The van der Waals surface area contributed by atoms with Gasteiger partial charge in [-0.2, -0.15) is 0 Å². The monoisotopic (exact) mass is 228 g/mol. The molecule has 0 aliphatic rings. The molecule has 2 heteroatoms. The third-order valence-corrected chi connectivity index (χ3v) is 3.46.